The smallest absolute Gasteiger partial charge is 0.340 e. The van der Waals surface area contributed by atoms with Crippen LogP contribution in [0, 0.1) is 0 Å². The normalized spacial score (nSPS) is 14.2. The van der Waals surface area contributed by atoms with Crippen LogP contribution in [0.1, 0.15) is 10.4 Å². The maximum Gasteiger partial charge on any atom is 0.340 e. The number of hydrogen-bond donors (Lipinski definition) is 1. The van der Waals surface area contributed by atoms with Gasteiger partial charge < -0.3 is 10.1 Å². The van der Waals surface area contributed by atoms with Gasteiger partial charge in [0.15, 0.2) is 0 Å². The van der Waals surface area contributed by atoms with E-state index in [1.54, 1.807) is 37.3 Å². The second-order valence-electron chi connectivity index (χ2n) is 3.70. The number of carbonyl (C=O) groups is 2. The summed E-state index contributed by atoms with van der Waals surface area (Å²) in [5.74, 6) is -0.427. The number of esters is 1. The minimum Gasteiger partial charge on any atom is -0.465 e. The lowest BCUT2D eigenvalue weighted by Gasteiger charge is -2.36. The fraction of sp³-hybridized carbons (Fsp3) is 0.273. The molecule has 1 aromatic carbocycles. The molecular weight excluding hydrogens is 222 g/mol. The fourth-order valence-corrected chi connectivity index (χ4v) is 1.66. The van der Waals surface area contributed by atoms with E-state index in [9.17, 15) is 9.59 Å². The molecule has 0 unspecified atom stereocenters. The van der Waals surface area contributed by atoms with Crippen molar-refractivity contribution < 1.29 is 14.3 Å². The van der Waals surface area contributed by atoms with Gasteiger partial charge >= 0.3 is 12.0 Å². The van der Waals surface area contributed by atoms with Gasteiger partial charge in [-0.2, -0.15) is 0 Å². The fourth-order valence-electron chi connectivity index (χ4n) is 1.66. The molecule has 0 spiro atoms. The molecule has 1 aliphatic rings. The van der Waals surface area contributed by atoms with E-state index in [2.05, 4.69) is 10.1 Å². The highest BCUT2D eigenvalue weighted by molar-refractivity contribution is 6.00. The van der Waals surface area contributed by atoms with E-state index >= 15 is 0 Å². The number of rotatable bonds is 1. The quantitative estimate of drug-likeness (QED) is 0.745. The molecule has 90 valence electrons. The molecule has 1 aliphatic heterocycles. The summed E-state index contributed by atoms with van der Waals surface area (Å²) in [7, 11) is 4.75. The van der Waals surface area contributed by atoms with Gasteiger partial charge in [-0.15, -0.1) is 0 Å². The Morgan fingerprint density at radius 2 is 2.00 bits per heavy atom. The highest BCUT2D eigenvalue weighted by Crippen LogP contribution is 2.30. The minimum atomic E-state index is -0.427. The molecule has 0 atom stereocenters. The largest absolute Gasteiger partial charge is 0.465 e. The lowest BCUT2D eigenvalue weighted by Crippen LogP contribution is -2.47. The molecule has 6 heteroatoms. The predicted molar refractivity (Wildman–Crippen MR) is 63.0 cm³/mol. The van der Waals surface area contributed by atoms with Crippen LogP contribution in [-0.4, -0.2) is 38.2 Å². The van der Waals surface area contributed by atoms with Crippen molar-refractivity contribution in [1.29, 1.82) is 0 Å². The van der Waals surface area contributed by atoms with Gasteiger partial charge in [0, 0.05) is 14.1 Å². The minimum absolute atomic E-state index is 0.248. The first-order valence-electron chi connectivity index (χ1n) is 5.05. The van der Waals surface area contributed by atoms with Crippen molar-refractivity contribution >= 4 is 23.4 Å². The molecule has 0 saturated carbocycles. The first-order valence-corrected chi connectivity index (χ1v) is 5.05. The van der Waals surface area contributed by atoms with Gasteiger partial charge in [0.1, 0.15) is 0 Å². The number of fused-ring (bicyclic) bond motifs is 1. The second kappa shape index (κ2) is 3.97. The molecule has 2 amide bonds. The third-order valence-electron chi connectivity index (χ3n) is 2.75. The average Bonchev–Trinajstić information content (AvgIpc) is 2.34. The average molecular weight is 235 g/mol. The number of amides is 2. The number of hydrogen-bond acceptors (Lipinski definition) is 4. The Hall–Kier alpha value is -2.24. The van der Waals surface area contributed by atoms with Crippen LogP contribution in [0.15, 0.2) is 18.2 Å². The summed E-state index contributed by atoms with van der Waals surface area (Å²) in [6, 6.07) is 4.77. The summed E-state index contributed by atoms with van der Waals surface area (Å²) < 4.78 is 4.63. The first kappa shape index (κ1) is 11.3. The Kier molecular flexibility index (Phi) is 2.63. The lowest BCUT2D eigenvalue weighted by molar-refractivity contribution is 0.0600. The number of nitrogens with zero attached hydrogens (tertiary/aromatic N) is 2. The summed E-state index contributed by atoms with van der Waals surface area (Å²) in [6.45, 7) is 0. The van der Waals surface area contributed by atoms with Gasteiger partial charge in [-0.3, -0.25) is 5.01 Å². The Morgan fingerprint density at radius 1 is 1.29 bits per heavy atom. The van der Waals surface area contributed by atoms with Crippen LogP contribution >= 0.6 is 0 Å². The first-order chi connectivity index (χ1) is 8.04. The third kappa shape index (κ3) is 1.77. The zero-order chi connectivity index (χ0) is 12.6. The topological polar surface area (TPSA) is 61.9 Å². The van der Waals surface area contributed by atoms with E-state index in [4.69, 9.17) is 0 Å². The highest BCUT2D eigenvalue weighted by Gasteiger charge is 2.24. The second-order valence-corrected chi connectivity index (χ2v) is 3.70. The van der Waals surface area contributed by atoms with Gasteiger partial charge in [-0.1, -0.05) is 0 Å². The van der Waals surface area contributed by atoms with Crippen LogP contribution in [-0.2, 0) is 4.74 Å². The number of methoxy groups -OCH3 is 1. The third-order valence-corrected chi connectivity index (χ3v) is 2.75. The number of hydrazine groups is 1. The molecule has 0 aromatic heterocycles. The van der Waals surface area contributed by atoms with Crippen LogP contribution in [0.5, 0.6) is 0 Å². The lowest BCUT2D eigenvalue weighted by atomic mass is 10.1. The number of benzene rings is 1. The van der Waals surface area contributed by atoms with E-state index in [-0.39, 0.29) is 6.03 Å². The number of nitrogens with one attached hydrogen (secondary N) is 1. The van der Waals surface area contributed by atoms with E-state index in [1.165, 1.54) is 12.1 Å². The van der Waals surface area contributed by atoms with Gasteiger partial charge in [-0.25, -0.2) is 14.6 Å². The molecule has 1 heterocycles. The van der Waals surface area contributed by atoms with Crippen molar-refractivity contribution in [2.75, 3.05) is 31.5 Å². The Morgan fingerprint density at radius 3 is 2.65 bits per heavy atom. The summed E-state index contributed by atoms with van der Waals surface area (Å²) in [6.07, 6.45) is 0. The standard InChI is InChI=1S/C11H13N3O3/c1-13-9-5-4-7(10(15)17-3)6-8(9)12-11(16)14(13)2/h4-6H,1-3H3,(H,12,16). The predicted octanol–water partition coefficient (Wildman–Crippen LogP) is 1.30. The van der Waals surface area contributed by atoms with Crippen LogP contribution in [0.3, 0.4) is 0 Å². The Bertz CT molecular complexity index is 487. The zero-order valence-electron chi connectivity index (χ0n) is 9.85. The molecule has 0 fully saturated rings. The van der Waals surface area contributed by atoms with Crippen LogP contribution in [0.2, 0.25) is 0 Å². The number of anilines is 2. The number of ether oxygens (including phenoxy) is 1. The summed E-state index contributed by atoms with van der Waals surface area (Å²) in [4.78, 5) is 22.9. The van der Waals surface area contributed by atoms with Crippen molar-refractivity contribution in [3.05, 3.63) is 23.8 Å². The van der Waals surface area contributed by atoms with E-state index in [1.807, 2.05) is 0 Å². The maximum absolute atomic E-state index is 11.6. The molecule has 1 N–H and O–H groups in total. The van der Waals surface area contributed by atoms with Crippen LogP contribution in [0.25, 0.3) is 0 Å². The molecule has 1 aromatic rings. The van der Waals surface area contributed by atoms with E-state index in [0.29, 0.717) is 11.3 Å². The molecule has 6 nitrogen and oxygen atoms in total. The number of urea groups is 1. The summed E-state index contributed by atoms with van der Waals surface area (Å²) >= 11 is 0. The number of carbonyl (C=O) groups excluding carboxylic acids is 2. The SMILES string of the molecule is COC(=O)c1ccc2c(c1)NC(=O)N(C)N2C. The monoisotopic (exact) mass is 235 g/mol. The zero-order valence-corrected chi connectivity index (χ0v) is 9.85. The van der Waals surface area contributed by atoms with Crippen molar-refractivity contribution in [1.82, 2.24) is 5.01 Å². The van der Waals surface area contributed by atoms with Crippen molar-refractivity contribution in [3.8, 4) is 0 Å². The molecule has 0 saturated heterocycles. The van der Waals surface area contributed by atoms with Crippen LogP contribution in [0.4, 0.5) is 16.2 Å². The summed E-state index contributed by atoms with van der Waals surface area (Å²) in [5.41, 5.74) is 1.82. The molecule has 2 rings (SSSR count). The van der Waals surface area contributed by atoms with Crippen molar-refractivity contribution in [2.24, 2.45) is 0 Å². The maximum atomic E-state index is 11.6. The Balaban J connectivity index is 2.44. The summed E-state index contributed by atoms with van der Waals surface area (Å²) in [5, 5.41) is 5.85. The van der Waals surface area contributed by atoms with Gasteiger partial charge in [0.2, 0.25) is 0 Å². The molecule has 0 aliphatic carbocycles. The molecule has 0 radical (unpaired) electrons. The van der Waals surface area contributed by atoms with Crippen LogP contribution < -0.4 is 10.3 Å². The van der Waals surface area contributed by atoms with Gasteiger partial charge in [0.25, 0.3) is 0 Å². The van der Waals surface area contributed by atoms with Gasteiger partial charge in [-0.05, 0) is 18.2 Å². The molecular formula is C11H13N3O3. The highest BCUT2D eigenvalue weighted by atomic mass is 16.5. The van der Waals surface area contributed by atoms with Gasteiger partial charge in [0.05, 0.1) is 24.0 Å². The Labute approximate surface area is 98.7 Å². The molecule has 17 heavy (non-hydrogen) atoms. The van der Waals surface area contributed by atoms with Crippen molar-refractivity contribution in [2.45, 2.75) is 0 Å². The van der Waals surface area contributed by atoms with Crippen molar-refractivity contribution in [3.63, 3.8) is 0 Å². The van der Waals surface area contributed by atoms with E-state index in [0.717, 1.165) is 5.69 Å². The van der Waals surface area contributed by atoms with E-state index < -0.39 is 5.97 Å². The molecule has 0 bridgehead atoms.